The first kappa shape index (κ1) is 16.0. The molecule has 1 aromatic carbocycles. The number of likely N-dealkylation sites (tertiary alicyclic amines) is 1. The minimum Gasteiger partial charge on any atom is -0.369 e. The fraction of sp³-hybridized carbons (Fsp3) is 0.316. The number of rotatable bonds is 6. The second-order valence-corrected chi connectivity index (χ2v) is 7.10. The molecule has 3 heterocycles. The number of hydrogen-bond acceptors (Lipinski definition) is 5. The molecule has 3 aromatic rings. The molecule has 1 N–H and O–H groups in total. The third-order valence-electron chi connectivity index (χ3n) is 4.41. The van der Waals surface area contributed by atoms with Crippen molar-refractivity contribution in [2.45, 2.75) is 19.3 Å². The van der Waals surface area contributed by atoms with Gasteiger partial charge in [0.2, 0.25) is 5.91 Å². The molecule has 0 bridgehead atoms. The van der Waals surface area contributed by atoms with Crippen LogP contribution in [0.5, 0.6) is 0 Å². The fourth-order valence-corrected chi connectivity index (χ4v) is 3.80. The van der Waals surface area contributed by atoms with Crippen LogP contribution in [0.25, 0.3) is 21.6 Å². The molecule has 0 radical (unpaired) electrons. The van der Waals surface area contributed by atoms with Gasteiger partial charge in [0.15, 0.2) is 5.82 Å². The molecule has 25 heavy (non-hydrogen) atoms. The number of para-hydroxylation sites is 1. The van der Waals surface area contributed by atoms with E-state index < -0.39 is 0 Å². The van der Waals surface area contributed by atoms with Crippen molar-refractivity contribution < 1.29 is 4.79 Å². The van der Waals surface area contributed by atoms with Crippen molar-refractivity contribution in [2.75, 3.05) is 25.0 Å². The average Bonchev–Trinajstić information content (AvgIpc) is 3.30. The predicted molar refractivity (Wildman–Crippen MR) is 102 cm³/mol. The highest BCUT2D eigenvalue weighted by Crippen LogP contribution is 2.27. The van der Waals surface area contributed by atoms with E-state index >= 15 is 0 Å². The summed E-state index contributed by atoms with van der Waals surface area (Å²) in [4.78, 5) is 24.1. The Morgan fingerprint density at radius 3 is 2.88 bits per heavy atom. The number of carbonyl (C=O) groups is 1. The van der Waals surface area contributed by atoms with Crippen LogP contribution in [0.1, 0.15) is 19.3 Å². The van der Waals surface area contributed by atoms with Gasteiger partial charge in [0.25, 0.3) is 0 Å². The highest BCUT2D eigenvalue weighted by atomic mass is 32.1. The van der Waals surface area contributed by atoms with E-state index in [-0.39, 0.29) is 5.91 Å². The van der Waals surface area contributed by atoms with Gasteiger partial charge in [0.05, 0.1) is 10.4 Å². The molecule has 5 nitrogen and oxygen atoms in total. The molecule has 2 aromatic heterocycles. The topological polar surface area (TPSA) is 58.1 Å². The zero-order valence-electron chi connectivity index (χ0n) is 13.9. The summed E-state index contributed by atoms with van der Waals surface area (Å²) in [6.45, 7) is 2.50. The summed E-state index contributed by atoms with van der Waals surface area (Å²) in [5.41, 5.74) is 0.943. The molecule has 1 amide bonds. The van der Waals surface area contributed by atoms with Crippen LogP contribution in [0.15, 0.2) is 41.8 Å². The largest absolute Gasteiger partial charge is 0.369 e. The van der Waals surface area contributed by atoms with Gasteiger partial charge < -0.3 is 10.2 Å². The van der Waals surface area contributed by atoms with E-state index in [1.165, 1.54) is 0 Å². The van der Waals surface area contributed by atoms with E-state index in [2.05, 4.69) is 10.3 Å². The molecule has 1 fully saturated rings. The number of anilines is 1. The van der Waals surface area contributed by atoms with E-state index in [0.29, 0.717) is 6.42 Å². The van der Waals surface area contributed by atoms with Crippen molar-refractivity contribution in [2.24, 2.45) is 0 Å². The average molecular weight is 352 g/mol. The zero-order valence-corrected chi connectivity index (χ0v) is 14.8. The number of thiophene rings is 1. The molecule has 0 unspecified atom stereocenters. The highest BCUT2D eigenvalue weighted by Gasteiger charge is 2.19. The molecular weight excluding hydrogens is 332 g/mol. The van der Waals surface area contributed by atoms with Gasteiger partial charge in [-0.3, -0.25) is 4.79 Å². The number of aromatic nitrogens is 2. The maximum absolute atomic E-state index is 11.7. The Balaban J connectivity index is 1.50. The monoisotopic (exact) mass is 352 g/mol. The lowest BCUT2D eigenvalue weighted by Gasteiger charge is -2.16. The molecule has 0 aliphatic carbocycles. The number of nitrogens with one attached hydrogen (secondary N) is 1. The van der Waals surface area contributed by atoms with Gasteiger partial charge in [-0.25, -0.2) is 9.97 Å². The molecule has 0 saturated carbocycles. The van der Waals surface area contributed by atoms with Gasteiger partial charge in [-0.1, -0.05) is 18.2 Å². The van der Waals surface area contributed by atoms with Crippen LogP contribution in [-0.2, 0) is 4.79 Å². The highest BCUT2D eigenvalue weighted by molar-refractivity contribution is 7.13. The smallest absolute Gasteiger partial charge is 0.222 e. The normalized spacial score (nSPS) is 14.4. The second-order valence-electron chi connectivity index (χ2n) is 6.15. The molecule has 4 rings (SSSR count). The third-order valence-corrected chi connectivity index (χ3v) is 5.28. The Morgan fingerprint density at radius 1 is 1.16 bits per heavy atom. The first-order valence-electron chi connectivity index (χ1n) is 8.63. The van der Waals surface area contributed by atoms with E-state index in [1.54, 1.807) is 11.3 Å². The molecule has 1 aliphatic rings. The summed E-state index contributed by atoms with van der Waals surface area (Å²) in [5.74, 6) is 1.90. The van der Waals surface area contributed by atoms with Crippen LogP contribution in [0.2, 0.25) is 0 Å². The molecular formula is C19H20N4OS. The maximum Gasteiger partial charge on any atom is 0.222 e. The standard InChI is InChI=1S/C19H20N4OS/c24-17-9-3-11-23(17)12-5-10-20-18-14-6-1-2-7-15(14)21-19(22-18)16-8-4-13-25-16/h1-2,4,6-8,13H,3,5,9-12H2,(H,20,21,22). The van der Waals surface area contributed by atoms with E-state index in [4.69, 9.17) is 4.98 Å². The van der Waals surface area contributed by atoms with Crippen LogP contribution in [-0.4, -0.2) is 40.4 Å². The van der Waals surface area contributed by atoms with Gasteiger partial charge in [0, 0.05) is 31.4 Å². The Kier molecular flexibility index (Phi) is 4.61. The predicted octanol–water partition coefficient (Wildman–Crippen LogP) is 3.78. The number of nitrogens with zero attached hydrogens (tertiary/aromatic N) is 3. The number of amides is 1. The fourth-order valence-electron chi connectivity index (χ4n) is 3.14. The number of carbonyl (C=O) groups excluding carboxylic acids is 1. The molecule has 6 heteroatoms. The second kappa shape index (κ2) is 7.19. The van der Waals surface area contributed by atoms with Gasteiger partial charge in [-0.05, 0) is 36.4 Å². The molecule has 128 valence electrons. The Hall–Kier alpha value is -2.47. The quantitative estimate of drug-likeness (QED) is 0.686. The SMILES string of the molecule is O=C1CCCN1CCCNc1nc(-c2cccs2)nc2ccccc12. The molecule has 1 aliphatic heterocycles. The zero-order chi connectivity index (χ0) is 17.1. The van der Waals surface area contributed by atoms with Crippen LogP contribution in [0.4, 0.5) is 5.82 Å². The van der Waals surface area contributed by atoms with Crippen LogP contribution in [0.3, 0.4) is 0 Å². The minimum atomic E-state index is 0.285. The van der Waals surface area contributed by atoms with Crippen molar-refractivity contribution in [1.82, 2.24) is 14.9 Å². The Morgan fingerprint density at radius 2 is 2.08 bits per heavy atom. The lowest BCUT2D eigenvalue weighted by Crippen LogP contribution is -2.27. The van der Waals surface area contributed by atoms with Gasteiger partial charge in [-0.15, -0.1) is 11.3 Å². The molecule has 1 saturated heterocycles. The lowest BCUT2D eigenvalue weighted by atomic mass is 10.2. The van der Waals surface area contributed by atoms with Gasteiger partial charge in [0.1, 0.15) is 5.82 Å². The van der Waals surface area contributed by atoms with E-state index in [1.807, 2.05) is 46.7 Å². The summed E-state index contributed by atoms with van der Waals surface area (Å²) in [7, 11) is 0. The number of hydrogen-bond donors (Lipinski definition) is 1. The van der Waals surface area contributed by atoms with Crippen molar-refractivity contribution in [3.63, 3.8) is 0 Å². The first-order chi connectivity index (χ1) is 12.3. The summed E-state index contributed by atoms with van der Waals surface area (Å²) in [6, 6.07) is 12.1. The van der Waals surface area contributed by atoms with Crippen molar-refractivity contribution in [3.8, 4) is 10.7 Å². The Bertz CT molecular complexity index is 878. The summed E-state index contributed by atoms with van der Waals surface area (Å²) >= 11 is 1.64. The summed E-state index contributed by atoms with van der Waals surface area (Å²) in [5, 5.41) is 6.51. The first-order valence-corrected chi connectivity index (χ1v) is 9.51. The van der Waals surface area contributed by atoms with Crippen LogP contribution < -0.4 is 5.32 Å². The maximum atomic E-state index is 11.7. The van der Waals surface area contributed by atoms with Gasteiger partial charge >= 0.3 is 0 Å². The van der Waals surface area contributed by atoms with Crippen LogP contribution >= 0.6 is 11.3 Å². The summed E-state index contributed by atoms with van der Waals surface area (Å²) in [6.07, 6.45) is 2.61. The van der Waals surface area contributed by atoms with Crippen LogP contribution in [0, 0.1) is 0 Å². The lowest BCUT2D eigenvalue weighted by molar-refractivity contribution is -0.127. The van der Waals surface area contributed by atoms with E-state index in [0.717, 1.165) is 59.9 Å². The van der Waals surface area contributed by atoms with Gasteiger partial charge in [-0.2, -0.15) is 0 Å². The minimum absolute atomic E-state index is 0.285. The third kappa shape index (κ3) is 3.49. The van der Waals surface area contributed by atoms with Crippen molar-refractivity contribution in [3.05, 3.63) is 41.8 Å². The molecule has 0 atom stereocenters. The number of benzene rings is 1. The summed E-state index contributed by atoms with van der Waals surface area (Å²) < 4.78 is 0. The van der Waals surface area contributed by atoms with Crippen molar-refractivity contribution in [1.29, 1.82) is 0 Å². The van der Waals surface area contributed by atoms with Crippen molar-refractivity contribution >= 4 is 34.0 Å². The number of fused-ring (bicyclic) bond motifs is 1. The molecule has 0 spiro atoms. The van der Waals surface area contributed by atoms with E-state index in [9.17, 15) is 4.79 Å². The Labute approximate surface area is 150 Å².